The number of amides is 1. The molecule has 0 bridgehead atoms. The summed E-state index contributed by atoms with van der Waals surface area (Å²) in [6.07, 6.45) is 1.63. The number of likely N-dealkylation sites (N-methyl/N-ethyl adjacent to an activating group) is 1. The van der Waals surface area contributed by atoms with E-state index in [0.717, 1.165) is 5.39 Å². The first-order valence-electron chi connectivity index (χ1n) is 6.31. The summed E-state index contributed by atoms with van der Waals surface area (Å²) in [5.41, 5.74) is 0.115. The average molecular weight is 293 g/mol. The van der Waals surface area contributed by atoms with Crippen LogP contribution >= 0.6 is 11.6 Å². The molecular formula is C15H17ClN2O2. The summed E-state index contributed by atoms with van der Waals surface area (Å²) in [7, 11) is 1.66. The van der Waals surface area contributed by atoms with Crippen molar-refractivity contribution in [3.05, 3.63) is 41.0 Å². The Morgan fingerprint density at radius 3 is 2.75 bits per heavy atom. The van der Waals surface area contributed by atoms with Gasteiger partial charge in [0.15, 0.2) is 0 Å². The molecule has 2 rings (SSSR count). The molecule has 20 heavy (non-hydrogen) atoms. The van der Waals surface area contributed by atoms with Gasteiger partial charge in [-0.2, -0.15) is 0 Å². The van der Waals surface area contributed by atoms with Crippen molar-refractivity contribution >= 4 is 28.4 Å². The van der Waals surface area contributed by atoms with Gasteiger partial charge in [-0.05, 0) is 38.1 Å². The number of nitrogens with zero attached hydrogens (tertiary/aromatic N) is 2. The number of carbonyl (C=O) groups is 1. The Bertz CT molecular complexity index is 650. The first kappa shape index (κ1) is 14.8. The lowest BCUT2D eigenvalue weighted by Gasteiger charge is -2.25. The Kier molecular flexibility index (Phi) is 3.97. The molecule has 0 aliphatic rings. The number of halogens is 1. The number of aromatic nitrogens is 1. The number of benzene rings is 1. The average Bonchev–Trinajstić information content (AvgIpc) is 2.37. The largest absolute Gasteiger partial charge is 0.389 e. The van der Waals surface area contributed by atoms with Crippen LogP contribution in [-0.2, 0) is 0 Å². The van der Waals surface area contributed by atoms with Gasteiger partial charge in [-0.1, -0.05) is 11.6 Å². The normalized spacial score (nSPS) is 11.7. The summed E-state index contributed by atoms with van der Waals surface area (Å²) in [5, 5.41) is 11.1. The zero-order chi connectivity index (χ0) is 14.9. The predicted molar refractivity (Wildman–Crippen MR) is 80.0 cm³/mol. The fourth-order valence-electron chi connectivity index (χ4n) is 2.17. The predicted octanol–water partition coefficient (Wildman–Crippen LogP) is 2.73. The third-order valence-corrected chi connectivity index (χ3v) is 3.25. The van der Waals surface area contributed by atoms with E-state index in [2.05, 4.69) is 4.98 Å². The van der Waals surface area contributed by atoms with Crippen LogP contribution in [0.15, 0.2) is 30.5 Å². The summed E-state index contributed by atoms with van der Waals surface area (Å²) >= 11 is 6.11. The number of hydrogen-bond donors (Lipinski definition) is 1. The molecule has 0 fully saturated rings. The number of rotatable bonds is 3. The standard InChI is InChI=1S/C15H17ClN2O2/c1-15(2,20)9-18(3)14(19)11-6-7-12(16)10-5-4-8-17-13(10)11/h4-8,20H,9H2,1-3H3. The first-order chi connectivity index (χ1) is 9.29. The summed E-state index contributed by atoms with van der Waals surface area (Å²) in [4.78, 5) is 18.2. The summed E-state index contributed by atoms with van der Waals surface area (Å²) in [6.45, 7) is 3.56. The summed E-state index contributed by atoms with van der Waals surface area (Å²) in [6, 6.07) is 6.97. The molecule has 1 aromatic heterocycles. The van der Waals surface area contributed by atoms with E-state index in [1.165, 1.54) is 4.90 Å². The smallest absolute Gasteiger partial charge is 0.255 e. The summed E-state index contributed by atoms with van der Waals surface area (Å²) in [5.74, 6) is -0.188. The SMILES string of the molecule is CN(CC(C)(C)O)C(=O)c1ccc(Cl)c2cccnc12. The van der Waals surface area contributed by atoms with Crippen molar-refractivity contribution in [3.63, 3.8) is 0 Å². The molecule has 4 nitrogen and oxygen atoms in total. The van der Waals surface area contributed by atoms with Crippen molar-refractivity contribution in [1.82, 2.24) is 9.88 Å². The summed E-state index contributed by atoms with van der Waals surface area (Å²) < 4.78 is 0. The fourth-order valence-corrected chi connectivity index (χ4v) is 2.38. The fraction of sp³-hybridized carbons (Fsp3) is 0.333. The van der Waals surface area contributed by atoms with E-state index in [4.69, 9.17) is 11.6 Å². The molecule has 106 valence electrons. The highest BCUT2D eigenvalue weighted by molar-refractivity contribution is 6.36. The van der Waals surface area contributed by atoms with Gasteiger partial charge in [-0.3, -0.25) is 9.78 Å². The van der Waals surface area contributed by atoms with Crippen LogP contribution in [0.5, 0.6) is 0 Å². The first-order valence-corrected chi connectivity index (χ1v) is 6.68. The number of hydrogen-bond acceptors (Lipinski definition) is 3. The Morgan fingerprint density at radius 2 is 2.10 bits per heavy atom. The number of aliphatic hydroxyl groups is 1. The van der Waals surface area contributed by atoms with Gasteiger partial charge < -0.3 is 10.0 Å². The Labute approximate surface area is 123 Å². The van der Waals surface area contributed by atoms with E-state index in [0.29, 0.717) is 16.1 Å². The maximum Gasteiger partial charge on any atom is 0.255 e. The van der Waals surface area contributed by atoms with Gasteiger partial charge in [0.25, 0.3) is 5.91 Å². The Morgan fingerprint density at radius 1 is 1.40 bits per heavy atom. The maximum atomic E-state index is 12.5. The van der Waals surface area contributed by atoms with Crippen molar-refractivity contribution in [2.45, 2.75) is 19.4 Å². The van der Waals surface area contributed by atoms with Crippen molar-refractivity contribution in [3.8, 4) is 0 Å². The molecule has 0 spiro atoms. The van der Waals surface area contributed by atoms with Crippen LogP contribution in [-0.4, -0.2) is 40.1 Å². The highest BCUT2D eigenvalue weighted by Crippen LogP contribution is 2.25. The molecule has 1 aromatic carbocycles. The lowest BCUT2D eigenvalue weighted by molar-refractivity contribution is 0.0369. The van der Waals surface area contributed by atoms with Gasteiger partial charge in [0, 0.05) is 25.2 Å². The molecule has 0 saturated heterocycles. The van der Waals surface area contributed by atoms with Gasteiger partial charge >= 0.3 is 0 Å². The molecule has 5 heteroatoms. The molecule has 0 atom stereocenters. The van der Waals surface area contributed by atoms with Crippen molar-refractivity contribution < 1.29 is 9.90 Å². The van der Waals surface area contributed by atoms with Gasteiger partial charge in [0.2, 0.25) is 0 Å². The lowest BCUT2D eigenvalue weighted by Crippen LogP contribution is -2.39. The van der Waals surface area contributed by atoms with Gasteiger partial charge in [-0.15, -0.1) is 0 Å². The quantitative estimate of drug-likeness (QED) is 0.946. The Balaban J connectivity index is 2.43. The maximum absolute atomic E-state index is 12.5. The van der Waals surface area contributed by atoms with E-state index >= 15 is 0 Å². The number of fused-ring (bicyclic) bond motifs is 1. The van der Waals surface area contributed by atoms with Crippen molar-refractivity contribution in [2.75, 3.05) is 13.6 Å². The minimum Gasteiger partial charge on any atom is -0.389 e. The third kappa shape index (κ3) is 3.08. The van der Waals surface area contributed by atoms with E-state index < -0.39 is 5.60 Å². The van der Waals surface area contributed by atoms with Crippen LogP contribution in [0.1, 0.15) is 24.2 Å². The molecular weight excluding hydrogens is 276 g/mol. The number of carbonyl (C=O) groups excluding carboxylic acids is 1. The van der Waals surface area contributed by atoms with Gasteiger partial charge in [0.1, 0.15) is 0 Å². The van der Waals surface area contributed by atoms with Crippen LogP contribution in [0.25, 0.3) is 10.9 Å². The monoisotopic (exact) mass is 292 g/mol. The van der Waals surface area contributed by atoms with Crippen molar-refractivity contribution in [2.24, 2.45) is 0 Å². The third-order valence-electron chi connectivity index (χ3n) is 2.92. The van der Waals surface area contributed by atoms with Crippen LogP contribution in [0, 0.1) is 0 Å². The zero-order valence-electron chi connectivity index (χ0n) is 11.7. The molecule has 1 heterocycles. The molecule has 0 aliphatic heterocycles. The molecule has 2 aromatic rings. The highest BCUT2D eigenvalue weighted by Gasteiger charge is 2.22. The van der Waals surface area contributed by atoms with Crippen LogP contribution < -0.4 is 0 Å². The van der Waals surface area contributed by atoms with E-state index in [1.54, 1.807) is 45.3 Å². The number of pyridine rings is 1. The molecule has 1 N–H and O–H groups in total. The van der Waals surface area contributed by atoms with E-state index in [1.807, 2.05) is 6.07 Å². The second kappa shape index (κ2) is 5.38. The van der Waals surface area contributed by atoms with Gasteiger partial charge in [0.05, 0.1) is 21.7 Å². The molecule has 0 radical (unpaired) electrons. The van der Waals surface area contributed by atoms with Crippen LogP contribution in [0.4, 0.5) is 0 Å². The Hall–Kier alpha value is -1.65. The minimum absolute atomic E-state index is 0.188. The van der Waals surface area contributed by atoms with Crippen LogP contribution in [0.2, 0.25) is 5.02 Å². The molecule has 1 amide bonds. The van der Waals surface area contributed by atoms with Crippen LogP contribution in [0.3, 0.4) is 0 Å². The highest BCUT2D eigenvalue weighted by atomic mass is 35.5. The van der Waals surface area contributed by atoms with E-state index in [9.17, 15) is 9.90 Å². The molecule has 0 aliphatic carbocycles. The van der Waals surface area contributed by atoms with E-state index in [-0.39, 0.29) is 12.5 Å². The lowest BCUT2D eigenvalue weighted by atomic mass is 10.1. The minimum atomic E-state index is -0.944. The zero-order valence-corrected chi connectivity index (χ0v) is 12.5. The second-order valence-corrected chi connectivity index (χ2v) is 5.88. The molecule has 0 saturated carbocycles. The topological polar surface area (TPSA) is 53.4 Å². The second-order valence-electron chi connectivity index (χ2n) is 5.47. The van der Waals surface area contributed by atoms with Crippen molar-refractivity contribution in [1.29, 1.82) is 0 Å². The van der Waals surface area contributed by atoms with Gasteiger partial charge in [-0.25, -0.2) is 0 Å². The molecule has 0 unspecified atom stereocenters.